The van der Waals surface area contributed by atoms with E-state index >= 15 is 0 Å². The lowest BCUT2D eigenvalue weighted by Crippen LogP contribution is -2.43. The van der Waals surface area contributed by atoms with Crippen LogP contribution >= 0.6 is 0 Å². The van der Waals surface area contributed by atoms with Crippen molar-refractivity contribution in [3.05, 3.63) is 29.8 Å². The van der Waals surface area contributed by atoms with Crippen LogP contribution in [0.15, 0.2) is 29.2 Å². The van der Waals surface area contributed by atoms with Crippen molar-refractivity contribution >= 4 is 25.9 Å². The summed E-state index contributed by atoms with van der Waals surface area (Å²) < 4.78 is 49.2. The van der Waals surface area contributed by atoms with Crippen LogP contribution in [0.4, 0.5) is 4.79 Å². The van der Waals surface area contributed by atoms with Gasteiger partial charge in [-0.25, -0.2) is 26.4 Å². The third kappa shape index (κ3) is 6.29. The standard InChI is InChI=1S/C15H23N3O5S2/c1-12-3-5-14(6-4-12)25(22,23)17-9-2-8-16-15(19)18-13-7-10-24(20,21)11-13/h3-6,13,17H,2,7-11H2,1H3,(H2,16,18,19). The second kappa shape index (κ2) is 8.15. The number of nitrogens with one attached hydrogen (secondary N) is 3. The molecule has 25 heavy (non-hydrogen) atoms. The molecule has 1 aromatic rings. The minimum Gasteiger partial charge on any atom is -0.338 e. The van der Waals surface area contributed by atoms with E-state index in [9.17, 15) is 21.6 Å². The molecular formula is C15H23N3O5S2. The summed E-state index contributed by atoms with van der Waals surface area (Å²) in [5.41, 5.74) is 0.976. The molecule has 1 fully saturated rings. The summed E-state index contributed by atoms with van der Waals surface area (Å²) in [7, 11) is -6.59. The van der Waals surface area contributed by atoms with Crippen LogP contribution in [0.25, 0.3) is 0 Å². The minimum absolute atomic E-state index is 0.0310. The summed E-state index contributed by atoms with van der Waals surface area (Å²) >= 11 is 0. The van der Waals surface area contributed by atoms with Crippen LogP contribution in [0.3, 0.4) is 0 Å². The molecule has 8 nitrogen and oxygen atoms in total. The predicted molar refractivity (Wildman–Crippen MR) is 94.6 cm³/mol. The van der Waals surface area contributed by atoms with Gasteiger partial charge in [0.1, 0.15) is 0 Å². The van der Waals surface area contributed by atoms with Crippen molar-refractivity contribution in [3.63, 3.8) is 0 Å². The highest BCUT2D eigenvalue weighted by molar-refractivity contribution is 7.91. The Balaban J connectivity index is 1.66. The van der Waals surface area contributed by atoms with Gasteiger partial charge in [0.05, 0.1) is 16.4 Å². The lowest BCUT2D eigenvalue weighted by Gasteiger charge is -2.12. The SMILES string of the molecule is Cc1ccc(S(=O)(=O)NCCCNC(=O)NC2CCS(=O)(=O)C2)cc1. The van der Waals surface area contributed by atoms with Crippen molar-refractivity contribution in [2.24, 2.45) is 0 Å². The molecule has 2 amide bonds. The van der Waals surface area contributed by atoms with Crippen LogP contribution < -0.4 is 15.4 Å². The lowest BCUT2D eigenvalue weighted by atomic mass is 10.2. The van der Waals surface area contributed by atoms with Gasteiger partial charge in [-0.2, -0.15) is 0 Å². The highest BCUT2D eigenvalue weighted by Crippen LogP contribution is 2.11. The molecule has 10 heteroatoms. The molecule has 1 saturated heterocycles. The van der Waals surface area contributed by atoms with Crippen LogP contribution in [0.1, 0.15) is 18.4 Å². The maximum absolute atomic E-state index is 12.1. The fraction of sp³-hybridized carbons (Fsp3) is 0.533. The van der Waals surface area contributed by atoms with Gasteiger partial charge in [0.15, 0.2) is 9.84 Å². The molecule has 0 aliphatic carbocycles. The number of benzene rings is 1. The number of aryl methyl sites for hydroxylation is 1. The molecule has 1 aliphatic heterocycles. The highest BCUT2D eigenvalue weighted by atomic mass is 32.2. The Labute approximate surface area is 148 Å². The van der Waals surface area contributed by atoms with Gasteiger partial charge < -0.3 is 10.6 Å². The van der Waals surface area contributed by atoms with E-state index in [1.54, 1.807) is 24.3 Å². The maximum Gasteiger partial charge on any atom is 0.315 e. The van der Waals surface area contributed by atoms with Crippen molar-refractivity contribution < 1.29 is 21.6 Å². The first kappa shape index (κ1) is 19.7. The van der Waals surface area contributed by atoms with E-state index in [1.165, 1.54) is 0 Å². The minimum atomic E-state index is -3.55. The molecule has 1 aliphatic rings. The van der Waals surface area contributed by atoms with Gasteiger partial charge in [0.25, 0.3) is 0 Å². The summed E-state index contributed by atoms with van der Waals surface area (Å²) in [6.07, 6.45) is 0.841. The highest BCUT2D eigenvalue weighted by Gasteiger charge is 2.28. The normalized spacial score (nSPS) is 19.5. The maximum atomic E-state index is 12.1. The zero-order valence-corrected chi connectivity index (χ0v) is 15.6. The molecule has 140 valence electrons. The molecule has 0 radical (unpaired) electrons. The number of sulfonamides is 1. The third-order valence-corrected chi connectivity index (χ3v) is 7.08. The van der Waals surface area contributed by atoms with Gasteiger partial charge in [-0.05, 0) is 31.9 Å². The molecule has 0 spiro atoms. The molecule has 0 aromatic heterocycles. The van der Waals surface area contributed by atoms with Crippen LogP contribution in [0.5, 0.6) is 0 Å². The molecule has 3 N–H and O–H groups in total. The van der Waals surface area contributed by atoms with E-state index in [4.69, 9.17) is 0 Å². The Bertz CT molecular complexity index is 804. The predicted octanol–water partition coefficient (Wildman–Crippen LogP) is 0.150. The Morgan fingerprint density at radius 3 is 2.48 bits per heavy atom. The summed E-state index contributed by atoms with van der Waals surface area (Å²) in [4.78, 5) is 11.9. The number of urea groups is 1. The topological polar surface area (TPSA) is 121 Å². The molecule has 1 atom stereocenters. The van der Waals surface area contributed by atoms with Crippen molar-refractivity contribution in [2.75, 3.05) is 24.6 Å². The van der Waals surface area contributed by atoms with E-state index in [1.807, 2.05) is 6.92 Å². The van der Waals surface area contributed by atoms with Gasteiger partial charge in [0, 0.05) is 19.1 Å². The molecule has 1 aromatic carbocycles. The largest absolute Gasteiger partial charge is 0.338 e. The monoisotopic (exact) mass is 389 g/mol. The number of sulfone groups is 1. The molecule has 1 heterocycles. The van der Waals surface area contributed by atoms with Crippen LogP contribution in [0, 0.1) is 6.92 Å². The Morgan fingerprint density at radius 2 is 1.88 bits per heavy atom. The summed E-state index contributed by atoms with van der Waals surface area (Å²) in [5, 5.41) is 5.20. The van der Waals surface area contributed by atoms with Crippen molar-refractivity contribution in [1.29, 1.82) is 0 Å². The van der Waals surface area contributed by atoms with Crippen LogP contribution in [0.2, 0.25) is 0 Å². The molecule has 0 saturated carbocycles. The Kier molecular flexibility index (Phi) is 6.42. The molecule has 0 bridgehead atoms. The smallest absolute Gasteiger partial charge is 0.315 e. The van der Waals surface area contributed by atoms with Gasteiger partial charge in [-0.3, -0.25) is 0 Å². The summed E-state index contributed by atoms with van der Waals surface area (Å²) in [5.74, 6) is 0.0650. The molecule has 1 unspecified atom stereocenters. The Hall–Kier alpha value is -1.65. The number of amides is 2. The number of carbonyl (C=O) groups is 1. The number of hydrogen-bond acceptors (Lipinski definition) is 5. The van der Waals surface area contributed by atoms with Gasteiger partial charge >= 0.3 is 6.03 Å². The average Bonchev–Trinajstić information content (AvgIpc) is 2.86. The van der Waals surface area contributed by atoms with E-state index in [0.29, 0.717) is 12.8 Å². The second-order valence-corrected chi connectivity index (χ2v) is 10.1. The summed E-state index contributed by atoms with van der Waals surface area (Å²) in [6, 6.07) is 5.74. The number of hydrogen-bond donors (Lipinski definition) is 3. The quantitative estimate of drug-likeness (QED) is 0.573. The summed E-state index contributed by atoms with van der Waals surface area (Å²) in [6.45, 7) is 2.34. The van der Waals surface area contributed by atoms with Crippen LogP contribution in [-0.2, 0) is 19.9 Å². The average molecular weight is 389 g/mol. The van der Waals surface area contributed by atoms with Gasteiger partial charge in [0.2, 0.25) is 10.0 Å². The zero-order valence-electron chi connectivity index (χ0n) is 14.0. The zero-order chi connectivity index (χ0) is 18.5. The van der Waals surface area contributed by atoms with E-state index in [2.05, 4.69) is 15.4 Å². The lowest BCUT2D eigenvalue weighted by molar-refractivity contribution is 0.238. The van der Waals surface area contributed by atoms with Crippen molar-refractivity contribution in [2.45, 2.75) is 30.7 Å². The van der Waals surface area contributed by atoms with Crippen LogP contribution in [-0.4, -0.2) is 53.5 Å². The van der Waals surface area contributed by atoms with E-state index in [-0.39, 0.29) is 35.5 Å². The first-order valence-corrected chi connectivity index (χ1v) is 11.3. The molecular weight excluding hydrogens is 366 g/mol. The second-order valence-electron chi connectivity index (χ2n) is 6.06. The van der Waals surface area contributed by atoms with Gasteiger partial charge in [-0.1, -0.05) is 17.7 Å². The Morgan fingerprint density at radius 1 is 1.20 bits per heavy atom. The third-order valence-electron chi connectivity index (χ3n) is 3.83. The van der Waals surface area contributed by atoms with Crippen molar-refractivity contribution in [1.82, 2.24) is 15.4 Å². The first-order chi connectivity index (χ1) is 11.7. The number of rotatable bonds is 7. The molecule has 2 rings (SSSR count). The number of carbonyl (C=O) groups excluding carboxylic acids is 1. The van der Waals surface area contributed by atoms with Gasteiger partial charge in [-0.15, -0.1) is 0 Å². The van der Waals surface area contributed by atoms with E-state index in [0.717, 1.165) is 5.56 Å². The first-order valence-electron chi connectivity index (χ1n) is 7.99. The van der Waals surface area contributed by atoms with Crippen molar-refractivity contribution in [3.8, 4) is 0 Å². The fourth-order valence-corrected chi connectivity index (χ4v) is 5.19. The fourth-order valence-electron chi connectivity index (χ4n) is 2.44. The van der Waals surface area contributed by atoms with E-state index < -0.39 is 25.9 Å².